The van der Waals surface area contributed by atoms with Crippen LogP contribution >= 0.6 is 0 Å². The normalized spacial score (nSPS) is 11.1. The summed E-state index contributed by atoms with van der Waals surface area (Å²) in [5.41, 5.74) is 1.68. The maximum Gasteiger partial charge on any atom is 0.305 e. The number of benzene rings is 1. The number of esters is 1. The highest BCUT2D eigenvalue weighted by molar-refractivity contribution is 5.95. The molecule has 0 heterocycles. The Bertz CT molecular complexity index is 503. The van der Waals surface area contributed by atoms with E-state index in [-0.39, 0.29) is 17.3 Å². The molecule has 1 aromatic carbocycles. The van der Waals surface area contributed by atoms with Gasteiger partial charge in [0.2, 0.25) is 0 Å². The molecule has 0 atom stereocenters. The number of amides is 1. The average molecular weight is 291 g/mol. The van der Waals surface area contributed by atoms with E-state index in [2.05, 4.69) is 25.5 Å². The Kier molecular flexibility index (Phi) is 5.94. The summed E-state index contributed by atoms with van der Waals surface area (Å²) in [5.74, 6) is -0.253. The van der Waals surface area contributed by atoms with Gasteiger partial charge >= 0.3 is 5.97 Å². The first kappa shape index (κ1) is 17.2. The van der Waals surface area contributed by atoms with Gasteiger partial charge in [-0.05, 0) is 23.5 Å². The van der Waals surface area contributed by atoms with Gasteiger partial charge in [0, 0.05) is 25.6 Å². The van der Waals surface area contributed by atoms with Crippen molar-refractivity contribution in [3.63, 3.8) is 0 Å². The van der Waals surface area contributed by atoms with Crippen molar-refractivity contribution in [2.45, 2.75) is 39.0 Å². The summed E-state index contributed by atoms with van der Waals surface area (Å²) in [6.45, 7) is 6.81. The van der Waals surface area contributed by atoms with Crippen molar-refractivity contribution in [2.75, 3.05) is 20.7 Å². The van der Waals surface area contributed by atoms with Crippen molar-refractivity contribution in [1.29, 1.82) is 0 Å². The highest BCUT2D eigenvalue weighted by atomic mass is 16.5. The van der Waals surface area contributed by atoms with Gasteiger partial charge in [0.15, 0.2) is 0 Å². The van der Waals surface area contributed by atoms with E-state index in [9.17, 15) is 9.59 Å². The monoisotopic (exact) mass is 291 g/mol. The molecule has 0 aliphatic rings. The maximum atomic E-state index is 12.6. The molecule has 1 rings (SSSR count). The van der Waals surface area contributed by atoms with E-state index in [1.807, 2.05) is 24.3 Å². The summed E-state index contributed by atoms with van der Waals surface area (Å²) in [6.07, 6.45) is 0.932. The van der Waals surface area contributed by atoms with Gasteiger partial charge in [0.1, 0.15) is 0 Å². The van der Waals surface area contributed by atoms with Crippen molar-refractivity contribution >= 4 is 11.9 Å². The van der Waals surface area contributed by atoms with Crippen LogP contribution in [0.5, 0.6) is 0 Å². The predicted octanol–water partition coefficient (Wildman–Crippen LogP) is 3.01. The minimum atomic E-state index is -0.244. The maximum absolute atomic E-state index is 12.6. The molecule has 1 amide bonds. The lowest BCUT2D eigenvalue weighted by atomic mass is 9.83. The quantitative estimate of drug-likeness (QED) is 0.783. The fraction of sp³-hybridized carbons (Fsp3) is 0.529. The van der Waals surface area contributed by atoms with Crippen LogP contribution in [-0.4, -0.2) is 37.5 Å². The molecule has 0 aromatic heterocycles. The van der Waals surface area contributed by atoms with Crippen molar-refractivity contribution in [3.05, 3.63) is 35.4 Å². The van der Waals surface area contributed by atoms with Gasteiger partial charge in [-0.15, -0.1) is 0 Å². The number of ether oxygens (including phenoxy) is 1. The molecule has 0 bridgehead atoms. The van der Waals surface area contributed by atoms with Crippen LogP contribution in [-0.2, 0) is 14.9 Å². The highest BCUT2D eigenvalue weighted by Gasteiger charge is 2.22. The van der Waals surface area contributed by atoms with Crippen LogP contribution in [0.2, 0.25) is 0 Å². The van der Waals surface area contributed by atoms with Crippen LogP contribution in [0.25, 0.3) is 0 Å². The topological polar surface area (TPSA) is 46.6 Å². The minimum Gasteiger partial charge on any atom is -0.469 e. The Hall–Kier alpha value is -1.84. The number of methoxy groups -OCH3 is 1. The van der Waals surface area contributed by atoms with Crippen molar-refractivity contribution < 1.29 is 14.3 Å². The molecule has 4 nitrogen and oxygen atoms in total. The summed E-state index contributed by atoms with van der Waals surface area (Å²) >= 11 is 0. The molecule has 0 radical (unpaired) electrons. The number of carbonyl (C=O) groups excluding carboxylic acids is 2. The SMILES string of the molecule is COC(=O)CCCN(C)C(=O)c1ccccc1C(C)(C)C. The third kappa shape index (κ3) is 4.88. The molecule has 21 heavy (non-hydrogen) atoms. The zero-order valence-corrected chi connectivity index (χ0v) is 13.6. The van der Waals surface area contributed by atoms with E-state index >= 15 is 0 Å². The molecule has 116 valence electrons. The second kappa shape index (κ2) is 7.25. The van der Waals surface area contributed by atoms with Crippen LogP contribution in [0.15, 0.2) is 24.3 Å². The van der Waals surface area contributed by atoms with Crippen molar-refractivity contribution in [2.24, 2.45) is 0 Å². The number of hydrogen-bond donors (Lipinski definition) is 0. The largest absolute Gasteiger partial charge is 0.469 e. The first-order chi connectivity index (χ1) is 9.77. The van der Waals surface area contributed by atoms with Gasteiger partial charge in [-0.25, -0.2) is 0 Å². The lowest BCUT2D eigenvalue weighted by Crippen LogP contribution is -2.30. The minimum absolute atomic E-state index is 0.00890. The summed E-state index contributed by atoms with van der Waals surface area (Å²) in [7, 11) is 3.13. The smallest absolute Gasteiger partial charge is 0.305 e. The standard InChI is InChI=1S/C17H25NO3/c1-17(2,3)14-10-7-6-9-13(14)16(20)18(4)12-8-11-15(19)21-5/h6-7,9-10H,8,11-12H2,1-5H3. The van der Waals surface area contributed by atoms with E-state index in [1.54, 1.807) is 11.9 Å². The Labute approximate surface area is 127 Å². The third-order valence-corrected chi connectivity index (χ3v) is 3.41. The molecule has 1 aromatic rings. The molecule has 0 aliphatic heterocycles. The second-order valence-corrected chi connectivity index (χ2v) is 6.20. The molecular formula is C17H25NO3. The lowest BCUT2D eigenvalue weighted by Gasteiger charge is -2.25. The van der Waals surface area contributed by atoms with Gasteiger partial charge in [-0.1, -0.05) is 39.0 Å². The first-order valence-electron chi connectivity index (χ1n) is 7.19. The third-order valence-electron chi connectivity index (χ3n) is 3.41. The van der Waals surface area contributed by atoms with Crippen LogP contribution < -0.4 is 0 Å². The summed E-state index contributed by atoms with van der Waals surface area (Å²) < 4.78 is 4.60. The van der Waals surface area contributed by atoms with Gasteiger partial charge in [-0.3, -0.25) is 9.59 Å². The molecule has 0 saturated heterocycles. The van der Waals surface area contributed by atoms with E-state index in [1.165, 1.54) is 7.11 Å². The lowest BCUT2D eigenvalue weighted by molar-refractivity contribution is -0.140. The number of carbonyl (C=O) groups is 2. The predicted molar refractivity (Wildman–Crippen MR) is 83.4 cm³/mol. The van der Waals surface area contributed by atoms with Crippen molar-refractivity contribution in [3.8, 4) is 0 Å². The van der Waals surface area contributed by atoms with Gasteiger partial charge in [0.05, 0.1) is 7.11 Å². The van der Waals surface area contributed by atoms with Gasteiger partial charge in [0.25, 0.3) is 5.91 Å². The number of rotatable bonds is 5. The molecule has 4 heteroatoms. The molecule has 0 saturated carbocycles. The Morgan fingerprint density at radius 1 is 1.19 bits per heavy atom. The highest BCUT2D eigenvalue weighted by Crippen LogP contribution is 2.26. The second-order valence-electron chi connectivity index (χ2n) is 6.20. The Morgan fingerprint density at radius 2 is 1.81 bits per heavy atom. The van der Waals surface area contributed by atoms with Crippen LogP contribution in [0, 0.1) is 0 Å². The molecule has 0 fully saturated rings. The molecular weight excluding hydrogens is 266 g/mol. The average Bonchev–Trinajstić information content (AvgIpc) is 2.45. The van der Waals surface area contributed by atoms with Gasteiger partial charge in [-0.2, -0.15) is 0 Å². The molecule has 0 N–H and O–H groups in total. The number of hydrogen-bond acceptors (Lipinski definition) is 3. The number of nitrogens with zero attached hydrogens (tertiary/aromatic N) is 1. The van der Waals surface area contributed by atoms with E-state index in [0.717, 1.165) is 11.1 Å². The Balaban J connectivity index is 2.77. The fourth-order valence-corrected chi connectivity index (χ4v) is 2.19. The summed E-state index contributed by atoms with van der Waals surface area (Å²) in [5, 5.41) is 0. The van der Waals surface area contributed by atoms with E-state index < -0.39 is 0 Å². The van der Waals surface area contributed by atoms with Crippen molar-refractivity contribution in [1.82, 2.24) is 4.90 Å². The van der Waals surface area contributed by atoms with E-state index in [4.69, 9.17) is 0 Å². The van der Waals surface area contributed by atoms with Crippen LogP contribution in [0.1, 0.15) is 49.5 Å². The van der Waals surface area contributed by atoms with E-state index in [0.29, 0.717) is 19.4 Å². The molecule has 0 unspecified atom stereocenters. The Morgan fingerprint density at radius 3 is 2.38 bits per heavy atom. The zero-order valence-electron chi connectivity index (χ0n) is 13.6. The fourth-order valence-electron chi connectivity index (χ4n) is 2.19. The molecule has 0 aliphatic carbocycles. The summed E-state index contributed by atoms with van der Waals surface area (Å²) in [4.78, 5) is 25.3. The van der Waals surface area contributed by atoms with Crippen LogP contribution in [0.3, 0.4) is 0 Å². The van der Waals surface area contributed by atoms with Gasteiger partial charge < -0.3 is 9.64 Å². The zero-order chi connectivity index (χ0) is 16.0. The first-order valence-corrected chi connectivity index (χ1v) is 7.19. The summed E-state index contributed by atoms with van der Waals surface area (Å²) in [6, 6.07) is 7.69. The molecule has 0 spiro atoms. The van der Waals surface area contributed by atoms with Crippen LogP contribution in [0.4, 0.5) is 0 Å².